The fraction of sp³-hybridized carbons (Fsp3) is 0.611. The van der Waals surface area contributed by atoms with Crippen LogP contribution in [-0.2, 0) is 17.8 Å². The Labute approximate surface area is 162 Å². The van der Waals surface area contributed by atoms with Crippen molar-refractivity contribution >= 4 is 29.9 Å². The first-order valence-corrected chi connectivity index (χ1v) is 8.62. The molecule has 6 heteroatoms. The second-order valence-corrected chi connectivity index (χ2v) is 6.58. The standard InChI is InChI=1S/C18H28N4O.HI/c1-14-12-22(8-9-23-14)13-16-5-3-4-15(10-16)11-20-18(19-2)21-17-6-7-17;/h3-5,10,14,17H,6-9,11-13H2,1-2H3,(H2,19,20,21);1H. The number of rotatable bonds is 5. The number of aliphatic imine (C=N–C) groups is 1. The number of guanidine groups is 1. The van der Waals surface area contributed by atoms with E-state index < -0.39 is 0 Å². The average Bonchev–Trinajstić information content (AvgIpc) is 3.36. The zero-order chi connectivity index (χ0) is 16.1. The monoisotopic (exact) mass is 444 g/mol. The van der Waals surface area contributed by atoms with Crippen molar-refractivity contribution in [2.24, 2.45) is 4.99 Å². The van der Waals surface area contributed by atoms with Crippen LogP contribution in [0.4, 0.5) is 0 Å². The summed E-state index contributed by atoms with van der Waals surface area (Å²) < 4.78 is 5.61. The third kappa shape index (κ3) is 6.22. The van der Waals surface area contributed by atoms with Crippen molar-refractivity contribution in [3.05, 3.63) is 35.4 Å². The number of ether oxygens (including phenoxy) is 1. The highest BCUT2D eigenvalue weighted by atomic mass is 127. The summed E-state index contributed by atoms with van der Waals surface area (Å²) in [5.74, 6) is 0.903. The highest BCUT2D eigenvalue weighted by Crippen LogP contribution is 2.18. The number of halogens is 1. The van der Waals surface area contributed by atoms with E-state index in [1.165, 1.54) is 24.0 Å². The van der Waals surface area contributed by atoms with E-state index in [4.69, 9.17) is 4.74 Å². The van der Waals surface area contributed by atoms with Crippen molar-refractivity contribution in [2.45, 2.75) is 45.0 Å². The molecule has 1 aromatic rings. The Bertz CT molecular complexity index is 548. The average molecular weight is 444 g/mol. The number of benzene rings is 1. The van der Waals surface area contributed by atoms with Crippen LogP contribution in [0.2, 0.25) is 0 Å². The van der Waals surface area contributed by atoms with Gasteiger partial charge in [0.25, 0.3) is 0 Å². The van der Waals surface area contributed by atoms with Gasteiger partial charge in [-0.1, -0.05) is 24.3 Å². The van der Waals surface area contributed by atoms with Crippen LogP contribution in [0.3, 0.4) is 0 Å². The van der Waals surface area contributed by atoms with E-state index >= 15 is 0 Å². The maximum absolute atomic E-state index is 5.61. The first-order chi connectivity index (χ1) is 11.2. The van der Waals surface area contributed by atoms with Crippen LogP contribution in [0, 0.1) is 0 Å². The van der Waals surface area contributed by atoms with E-state index in [-0.39, 0.29) is 24.0 Å². The van der Waals surface area contributed by atoms with Crippen molar-refractivity contribution < 1.29 is 4.74 Å². The smallest absolute Gasteiger partial charge is 0.191 e. The van der Waals surface area contributed by atoms with E-state index in [9.17, 15) is 0 Å². The van der Waals surface area contributed by atoms with Gasteiger partial charge in [-0.2, -0.15) is 0 Å². The Morgan fingerprint density at radius 3 is 2.83 bits per heavy atom. The van der Waals surface area contributed by atoms with Gasteiger partial charge in [-0.05, 0) is 30.9 Å². The van der Waals surface area contributed by atoms with Gasteiger partial charge >= 0.3 is 0 Å². The molecule has 2 aliphatic rings. The van der Waals surface area contributed by atoms with E-state index in [0.717, 1.165) is 38.7 Å². The van der Waals surface area contributed by atoms with Crippen LogP contribution < -0.4 is 10.6 Å². The Hall–Kier alpha value is -0.860. The molecule has 1 heterocycles. The first kappa shape index (κ1) is 19.5. The summed E-state index contributed by atoms with van der Waals surface area (Å²) in [4.78, 5) is 6.75. The van der Waals surface area contributed by atoms with Gasteiger partial charge in [-0.3, -0.25) is 9.89 Å². The number of nitrogens with zero attached hydrogens (tertiary/aromatic N) is 2. The van der Waals surface area contributed by atoms with Gasteiger partial charge in [0.1, 0.15) is 0 Å². The van der Waals surface area contributed by atoms with Crippen LogP contribution in [0.5, 0.6) is 0 Å². The molecule has 5 nitrogen and oxygen atoms in total. The number of hydrogen-bond donors (Lipinski definition) is 2. The summed E-state index contributed by atoms with van der Waals surface area (Å²) in [6, 6.07) is 9.44. The summed E-state index contributed by atoms with van der Waals surface area (Å²) in [7, 11) is 1.83. The molecule has 1 saturated heterocycles. The predicted octanol–water partition coefficient (Wildman–Crippen LogP) is 2.35. The molecule has 0 amide bonds. The fourth-order valence-electron chi connectivity index (χ4n) is 2.93. The van der Waals surface area contributed by atoms with Crippen molar-refractivity contribution in [3.63, 3.8) is 0 Å². The summed E-state index contributed by atoms with van der Waals surface area (Å²) in [5, 5.41) is 6.81. The topological polar surface area (TPSA) is 48.9 Å². The lowest BCUT2D eigenvalue weighted by Crippen LogP contribution is -2.40. The zero-order valence-corrected chi connectivity index (χ0v) is 17.0. The largest absolute Gasteiger partial charge is 0.376 e. The van der Waals surface area contributed by atoms with Gasteiger partial charge in [-0.25, -0.2) is 0 Å². The molecule has 0 radical (unpaired) electrons. The fourth-order valence-corrected chi connectivity index (χ4v) is 2.93. The molecule has 1 unspecified atom stereocenters. The second kappa shape index (κ2) is 9.58. The van der Waals surface area contributed by atoms with Crippen molar-refractivity contribution in [1.29, 1.82) is 0 Å². The van der Waals surface area contributed by atoms with Crippen LogP contribution in [0.15, 0.2) is 29.3 Å². The SMILES string of the molecule is CN=C(NCc1cccc(CN2CCOC(C)C2)c1)NC1CC1.I. The normalized spacial score (nSPS) is 21.9. The minimum absolute atomic E-state index is 0. The predicted molar refractivity (Wildman–Crippen MR) is 109 cm³/mol. The summed E-state index contributed by atoms with van der Waals surface area (Å²) in [5.41, 5.74) is 2.66. The second-order valence-electron chi connectivity index (χ2n) is 6.58. The molecular formula is C18H29IN4O. The van der Waals surface area contributed by atoms with E-state index in [1.807, 2.05) is 7.05 Å². The molecule has 1 aliphatic heterocycles. The summed E-state index contributed by atoms with van der Waals surface area (Å²) >= 11 is 0. The summed E-state index contributed by atoms with van der Waals surface area (Å²) in [6.07, 6.45) is 2.85. The van der Waals surface area contributed by atoms with Crippen molar-refractivity contribution in [2.75, 3.05) is 26.7 Å². The molecule has 24 heavy (non-hydrogen) atoms. The lowest BCUT2D eigenvalue weighted by Gasteiger charge is -2.31. The molecule has 2 N–H and O–H groups in total. The van der Waals surface area contributed by atoms with E-state index in [1.54, 1.807) is 0 Å². The highest BCUT2D eigenvalue weighted by molar-refractivity contribution is 14.0. The van der Waals surface area contributed by atoms with Crippen LogP contribution in [0.1, 0.15) is 30.9 Å². The lowest BCUT2D eigenvalue weighted by molar-refractivity contribution is -0.0212. The molecule has 1 atom stereocenters. The van der Waals surface area contributed by atoms with Gasteiger partial charge in [0, 0.05) is 39.3 Å². The van der Waals surface area contributed by atoms with Crippen LogP contribution in [-0.4, -0.2) is 49.7 Å². The molecule has 1 aromatic carbocycles. The van der Waals surface area contributed by atoms with Crippen LogP contribution in [0.25, 0.3) is 0 Å². The van der Waals surface area contributed by atoms with E-state index in [0.29, 0.717) is 12.1 Å². The number of nitrogens with one attached hydrogen (secondary N) is 2. The minimum atomic E-state index is 0. The Morgan fingerprint density at radius 1 is 1.33 bits per heavy atom. The van der Waals surface area contributed by atoms with E-state index in [2.05, 4.69) is 51.7 Å². The Morgan fingerprint density at radius 2 is 2.12 bits per heavy atom. The lowest BCUT2D eigenvalue weighted by atomic mass is 10.1. The molecule has 0 spiro atoms. The third-order valence-corrected chi connectivity index (χ3v) is 4.32. The first-order valence-electron chi connectivity index (χ1n) is 8.62. The van der Waals surface area contributed by atoms with Crippen molar-refractivity contribution in [1.82, 2.24) is 15.5 Å². The molecular weight excluding hydrogens is 415 g/mol. The minimum Gasteiger partial charge on any atom is -0.376 e. The molecule has 2 fully saturated rings. The van der Waals surface area contributed by atoms with Gasteiger partial charge in [0.15, 0.2) is 5.96 Å². The molecule has 1 aliphatic carbocycles. The van der Waals surface area contributed by atoms with Crippen molar-refractivity contribution in [3.8, 4) is 0 Å². The van der Waals surface area contributed by atoms with Gasteiger partial charge in [0.05, 0.1) is 12.7 Å². The molecule has 3 rings (SSSR count). The maximum Gasteiger partial charge on any atom is 0.191 e. The molecule has 0 bridgehead atoms. The third-order valence-electron chi connectivity index (χ3n) is 4.32. The summed E-state index contributed by atoms with van der Waals surface area (Å²) in [6.45, 7) is 6.82. The molecule has 0 aromatic heterocycles. The number of morpholine rings is 1. The highest BCUT2D eigenvalue weighted by Gasteiger charge is 2.22. The van der Waals surface area contributed by atoms with Gasteiger partial charge in [-0.15, -0.1) is 24.0 Å². The Balaban J connectivity index is 0.00000208. The van der Waals surface area contributed by atoms with Gasteiger partial charge < -0.3 is 15.4 Å². The number of hydrogen-bond acceptors (Lipinski definition) is 3. The molecule has 134 valence electrons. The van der Waals surface area contributed by atoms with Gasteiger partial charge in [0.2, 0.25) is 0 Å². The zero-order valence-electron chi connectivity index (χ0n) is 14.6. The molecule has 1 saturated carbocycles. The maximum atomic E-state index is 5.61. The Kier molecular flexibility index (Phi) is 7.77. The van der Waals surface area contributed by atoms with Crippen LogP contribution >= 0.6 is 24.0 Å². The quantitative estimate of drug-likeness (QED) is 0.416.